The molecule has 0 fully saturated rings. The number of nitrogens with one attached hydrogen (secondary N) is 1. The predicted octanol–water partition coefficient (Wildman–Crippen LogP) is 1.45. The Morgan fingerprint density at radius 1 is 1.20 bits per heavy atom. The molecule has 2 rings (SSSR count). The zero-order valence-electron chi connectivity index (χ0n) is 11.1. The van der Waals surface area contributed by atoms with E-state index in [1.807, 2.05) is 30.3 Å². The highest BCUT2D eigenvalue weighted by molar-refractivity contribution is 5.95. The van der Waals surface area contributed by atoms with Gasteiger partial charge in [0, 0.05) is 19.7 Å². The first kappa shape index (κ1) is 13.9. The average Bonchev–Trinajstić information content (AvgIpc) is 2.85. The van der Waals surface area contributed by atoms with Crippen molar-refractivity contribution < 1.29 is 14.7 Å². The number of benzene rings is 1. The molecule has 0 aliphatic rings. The van der Waals surface area contributed by atoms with Gasteiger partial charge in [0.25, 0.3) is 5.91 Å². The quantitative estimate of drug-likeness (QED) is 0.865. The fraction of sp³-hybridized carbons (Fsp3) is 0.200. The molecule has 0 aliphatic carbocycles. The van der Waals surface area contributed by atoms with Crippen molar-refractivity contribution in [3.8, 4) is 0 Å². The molecular weight excluding hydrogens is 256 g/mol. The smallest absolute Gasteiger partial charge is 0.326 e. The van der Waals surface area contributed by atoms with Gasteiger partial charge >= 0.3 is 5.97 Å². The second-order valence-corrected chi connectivity index (χ2v) is 4.56. The number of rotatable bonds is 5. The van der Waals surface area contributed by atoms with Gasteiger partial charge in [-0.05, 0) is 17.7 Å². The van der Waals surface area contributed by atoms with Crippen molar-refractivity contribution in [2.45, 2.75) is 12.5 Å². The van der Waals surface area contributed by atoms with Gasteiger partial charge in [-0.1, -0.05) is 30.3 Å². The molecule has 0 radical (unpaired) electrons. The molecule has 1 aromatic heterocycles. The lowest BCUT2D eigenvalue weighted by Gasteiger charge is -2.15. The van der Waals surface area contributed by atoms with Crippen LogP contribution in [0.3, 0.4) is 0 Å². The molecular formula is C15H16N2O3. The number of carboxylic acids is 1. The minimum atomic E-state index is -1.04. The van der Waals surface area contributed by atoms with E-state index in [9.17, 15) is 14.7 Å². The first-order valence-corrected chi connectivity index (χ1v) is 6.27. The average molecular weight is 272 g/mol. The van der Waals surface area contributed by atoms with Crippen LogP contribution in [0.25, 0.3) is 0 Å². The number of carboxylic acid groups (broad SMARTS) is 1. The molecule has 1 atom stereocenters. The number of carbonyl (C=O) groups is 2. The van der Waals surface area contributed by atoms with Gasteiger partial charge < -0.3 is 15.0 Å². The number of hydrogen-bond donors (Lipinski definition) is 2. The highest BCUT2D eigenvalue weighted by Gasteiger charge is 2.21. The first-order valence-electron chi connectivity index (χ1n) is 6.27. The van der Waals surface area contributed by atoms with E-state index in [4.69, 9.17) is 0 Å². The third-order valence-corrected chi connectivity index (χ3v) is 3.06. The van der Waals surface area contributed by atoms with E-state index >= 15 is 0 Å². The van der Waals surface area contributed by atoms with Crippen LogP contribution in [0.5, 0.6) is 0 Å². The SMILES string of the molecule is Cn1cccc1C(=O)N[C@@H](Cc1ccccc1)C(=O)O. The largest absolute Gasteiger partial charge is 0.480 e. The van der Waals surface area contributed by atoms with Crippen molar-refractivity contribution in [2.24, 2.45) is 7.05 Å². The Labute approximate surface area is 116 Å². The minimum Gasteiger partial charge on any atom is -0.480 e. The maximum Gasteiger partial charge on any atom is 0.326 e. The van der Waals surface area contributed by atoms with Gasteiger partial charge in [0.1, 0.15) is 11.7 Å². The Hall–Kier alpha value is -2.56. The van der Waals surface area contributed by atoms with Gasteiger partial charge in [0.2, 0.25) is 0 Å². The van der Waals surface area contributed by atoms with Crippen LogP contribution in [0.4, 0.5) is 0 Å². The summed E-state index contributed by atoms with van der Waals surface area (Å²) in [6, 6.07) is 11.7. The van der Waals surface area contributed by atoms with Gasteiger partial charge in [0.15, 0.2) is 0 Å². The van der Waals surface area contributed by atoms with Gasteiger partial charge in [-0.15, -0.1) is 0 Å². The van der Waals surface area contributed by atoms with Crippen molar-refractivity contribution in [1.82, 2.24) is 9.88 Å². The van der Waals surface area contributed by atoms with Crippen LogP contribution >= 0.6 is 0 Å². The van der Waals surface area contributed by atoms with Gasteiger partial charge in [-0.3, -0.25) is 4.79 Å². The van der Waals surface area contributed by atoms with Crippen molar-refractivity contribution in [1.29, 1.82) is 0 Å². The summed E-state index contributed by atoms with van der Waals surface area (Å²) >= 11 is 0. The van der Waals surface area contributed by atoms with Crippen LogP contribution in [-0.4, -0.2) is 27.6 Å². The van der Waals surface area contributed by atoms with E-state index in [-0.39, 0.29) is 12.3 Å². The summed E-state index contributed by atoms with van der Waals surface area (Å²) in [5, 5.41) is 11.8. The van der Waals surface area contributed by atoms with E-state index in [0.29, 0.717) is 5.69 Å². The first-order chi connectivity index (χ1) is 9.58. The predicted molar refractivity (Wildman–Crippen MR) is 74.4 cm³/mol. The van der Waals surface area contributed by atoms with Crippen LogP contribution in [0, 0.1) is 0 Å². The Balaban J connectivity index is 2.09. The van der Waals surface area contributed by atoms with Crippen LogP contribution in [0.15, 0.2) is 48.7 Å². The minimum absolute atomic E-state index is 0.256. The number of aryl methyl sites for hydroxylation is 1. The molecule has 2 N–H and O–H groups in total. The molecule has 0 aliphatic heterocycles. The molecule has 5 heteroatoms. The Morgan fingerprint density at radius 2 is 1.90 bits per heavy atom. The zero-order chi connectivity index (χ0) is 14.5. The molecule has 5 nitrogen and oxygen atoms in total. The van der Waals surface area contributed by atoms with Crippen molar-refractivity contribution in [3.05, 3.63) is 59.9 Å². The highest BCUT2D eigenvalue weighted by atomic mass is 16.4. The zero-order valence-corrected chi connectivity index (χ0v) is 11.1. The second kappa shape index (κ2) is 6.06. The molecule has 2 aromatic rings. The number of carbonyl (C=O) groups excluding carboxylic acids is 1. The monoisotopic (exact) mass is 272 g/mol. The summed E-state index contributed by atoms with van der Waals surface area (Å²) in [4.78, 5) is 23.3. The lowest BCUT2D eigenvalue weighted by molar-refractivity contribution is -0.139. The summed E-state index contributed by atoms with van der Waals surface area (Å²) in [5.74, 6) is -1.43. The van der Waals surface area contributed by atoms with E-state index in [2.05, 4.69) is 5.32 Å². The second-order valence-electron chi connectivity index (χ2n) is 4.56. The number of aliphatic carboxylic acids is 1. The molecule has 0 spiro atoms. The van der Waals surface area contributed by atoms with Gasteiger partial charge in [-0.2, -0.15) is 0 Å². The van der Waals surface area contributed by atoms with Gasteiger partial charge in [-0.25, -0.2) is 4.79 Å². The molecule has 0 unspecified atom stereocenters. The third kappa shape index (κ3) is 3.26. The van der Waals surface area contributed by atoms with Crippen molar-refractivity contribution >= 4 is 11.9 Å². The number of nitrogens with zero attached hydrogens (tertiary/aromatic N) is 1. The molecule has 1 amide bonds. The molecule has 0 saturated carbocycles. The van der Waals surface area contributed by atoms with Gasteiger partial charge in [0.05, 0.1) is 0 Å². The fourth-order valence-electron chi connectivity index (χ4n) is 1.98. The molecule has 1 heterocycles. The lowest BCUT2D eigenvalue weighted by Crippen LogP contribution is -2.42. The van der Waals surface area contributed by atoms with E-state index < -0.39 is 12.0 Å². The molecule has 104 valence electrons. The Kier molecular flexibility index (Phi) is 4.20. The van der Waals surface area contributed by atoms with Crippen LogP contribution in [0.1, 0.15) is 16.1 Å². The van der Waals surface area contributed by atoms with E-state index in [1.54, 1.807) is 29.9 Å². The van der Waals surface area contributed by atoms with Crippen LogP contribution < -0.4 is 5.32 Å². The lowest BCUT2D eigenvalue weighted by atomic mass is 10.1. The normalized spacial score (nSPS) is 11.8. The van der Waals surface area contributed by atoms with Crippen molar-refractivity contribution in [2.75, 3.05) is 0 Å². The topological polar surface area (TPSA) is 71.3 Å². The summed E-state index contributed by atoms with van der Waals surface area (Å²) in [6.07, 6.45) is 1.99. The Bertz CT molecular complexity index is 605. The number of amides is 1. The molecule has 20 heavy (non-hydrogen) atoms. The third-order valence-electron chi connectivity index (χ3n) is 3.06. The highest BCUT2D eigenvalue weighted by Crippen LogP contribution is 2.05. The molecule has 0 bridgehead atoms. The standard InChI is InChI=1S/C15H16N2O3/c1-17-9-5-8-13(17)14(18)16-12(15(19)20)10-11-6-3-2-4-7-11/h2-9,12H,10H2,1H3,(H,16,18)(H,19,20)/t12-/m0/s1. The van der Waals surface area contributed by atoms with E-state index in [1.165, 1.54) is 0 Å². The Morgan fingerprint density at radius 3 is 2.45 bits per heavy atom. The maximum atomic E-state index is 12.0. The number of aromatic nitrogens is 1. The van der Waals surface area contributed by atoms with Crippen molar-refractivity contribution in [3.63, 3.8) is 0 Å². The maximum absolute atomic E-state index is 12.0. The summed E-state index contributed by atoms with van der Waals surface area (Å²) in [5.41, 5.74) is 1.30. The molecule has 1 aromatic carbocycles. The van der Waals surface area contributed by atoms with Crippen LogP contribution in [0.2, 0.25) is 0 Å². The van der Waals surface area contributed by atoms with E-state index in [0.717, 1.165) is 5.56 Å². The summed E-state index contributed by atoms with van der Waals surface area (Å²) in [6.45, 7) is 0. The molecule has 0 saturated heterocycles. The number of hydrogen-bond acceptors (Lipinski definition) is 2. The van der Waals surface area contributed by atoms with Crippen LogP contribution in [-0.2, 0) is 18.3 Å². The summed E-state index contributed by atoms with van der Waals surface area (Å²) < 4.78 is 1.65. The fourth-order valence-corrected chi connectivity index (χ4v) is 1.98. The summed E-state index contributed by atoms with van der Waals surface area (Å²) in [7, 11) is 1.74.